The third kappa shape index (κ3) is 4.39. The van der Waals surface area contributed by atoms with E-state index in [9.17, 15) is 4.39 Å². The van der Waals surface area contributed by atoms with Crippen molar-refractivity contribution in [2.24, 2.45) is 0 Å². The van der Waals surface area contributed by atoms with Crippen molar-refractivity contribution in [2.45, 2.75) is 44.3 Å². The first kappa shape index (κ1) is 22.7. The number of pyridine rings is 1. The van der Waals surface area contributed by atoms with Gasteiger partial charge in [-0.2, -0.15) is 0 Å². The van der Waals surface area contributed by atoms with Gasteiger partial charge in [0.1, 0.15) is 23.3 Å². The molecule has 1 spiro atoms. The molecular weight excluding hydrogens is 484 g/mol. The van der Waals surface area contributed by atoms with Crippen LogP contribution in [0.5, 0.6) is 11.5 Å². The van der Waals surface area contributed by atoms with Crippen LogP contribution in [0.2, 0.25) is 10.0 Å². The van der Waals surface area contributed by atoms with Gasteiger partial charge < -0.3 is 20.5 Å². The normalized spacial score (nSPS) is 17.9. The molecule has 174 valence electrons. The van der Waals surface area contributed by atoms with Gasteiger partial charge in [0.15, 0.2) is 11.6 Å². The van der Waals surface area contributed by atoms with E-state index in [0.29, 0.717) is 16.3 Å². The highest BCUT2D eigenvalue weighted by Crippen LogP contribution is 2.46. The molecule has 1 aromatic carbocycles. The van der Waals surface area contributed by atoms with Crippen molar-refractivity contribution in [2.75, 3.05) is 18.8 Å². The zero-order valence-electron chi connectivity index (χ0n) is 18.1. The summed E-state index contributed by atoms with van der Waals surface area (Å²) in [6.07, 6.45) is 5.22. The average molecular weight is 508 g/mol. The number of nitrogens with one attached hydrogen (secondary N) is 1. The Balaban J connectivity index is 1.41. The lowest BCUT2D eigenvalue weighted by atomic mass is 9.85. The maximum Gasteiger partial charge on any atom is 0.166 e. The third-order valence-electron chi connectivity index (χ3n) is 6.38. The van der Waals surface area contributed by atoms with Crippen LogP contribution in [-0.2, 0) is 6.42 Å². The fourth-order valence-corrected chi connectivity index (χ4v) is 6.27. The van der Waals surface area contributed by atoms with E-state index >= 15 is 0 Å². The van der Waals surface area contributed by atoms with Gasteiger partial charge in [-0.05, 0) is 70.0 Å². The van der Waals surface area contributed by atoms with Crippen LogP contribution in [0.1, 0.15) is 42.7 Å². The number of hydrogen-bond acceptors (Lipinski definition) is 6. The predicted octanol–water partition coefficient (Wildman–Crippen LogP) is 6.43. The molecule has 5 nitrogen and oxygen atoms in total. The van der Waals surface area contributed by atoms with Crippen LogP contribution >= 0.6 is 34.5 Å². The number of nitrogens with zero attached hydrogens (tertiary/aromatic N) is 1. The van der Waals surface area contributed by atoms with Crippen LogP contribution in [0.4, 0.5) is 10.2 Å². The zero-order valence-corrected chi connectivity index (χ0v) is 20.4. The summed E-state index contributed by atoms with van der Waals surface area (Å²) in [6.45, 7) is 3.73. The summed E-state index contributed by atoms with van der Waals surface area (Å²) < 4.78 is 26.5. The van der Waals surface area contributed by atoms with Crippen LogP contribution in [0.15, 0.2) is 30.5 Å². The lowest BCUT2D eigenvalue weighted by molar-refractivity contribution is 0.0183. The van der Waals surface area contributed by atoms with E-state index in [1.54, 1.807) is 24.5 Å². The number of ether oxygens (including phenoxy) is 2. The highest BCUT2D eigenvalue weighted by atomic mass is 35.5. The molecule has 2 aromatic heterocycles. The van der Waals surface area contributed by atoms with Gasteiger partial charge in [0.2, 0.25) is 0 Å². The molecule has 0 aliphatic carbocycles. The molecule has 0 radical (unpaired) electrons. The number of aromatic nitrogens is 1. The molecule has 0 unspecified atom stereocenters. The van der Waals surface area contributed by atoms with E-state index in [1.807, 2.05) is 6.07 Å². The second-order valence-corrected chi connectivity index (χ2v) is 10.5. The Bertz CT molecular complexity index is 1200. The van der Waals surface area contributed by atoms with Crippen molar-refractivity contribution in [1.82, 2.24) is 10.3 Å². The summed E-state index contributed by atoms with van der Waals surface area (Å²) >= 11 is 14.1. The highest BCUT2D eigenvalue weighted by Gasteiger charge is 2.38. The number of nitrogens with two attached hydrogens (primary N) is 1. The van der Waals surface area contributed by atoms with Crippen LogP contribution in [-0.4, -0.2) is 23.7 Å². The molecule has 2 aliphatic rings. The minimum atomic E-state index is -0.625. The van der Waals surface area contributed by atoms with Crippen LogP contribution in [0.3, 0.4) is 0 Å². The van der Waals surface area contributed by atoms with E-state index in [0.717, 1.165) is 55.0 Å². The van der Waals surface area contributed by atoms with Crippen molar-refractivity contribution in [1.29, 1.82) is 0 Å². The van der Waals surface area contributed by atoms with Crippen molar-refractivity contribution >= 4 is 40.4 Å². The van der Waals surface area contributed by atoms with Crippen molar-refractivity contribution in [3.8, 4) is 21.9 Å². The van der Waals surface area contributed by atoms with Crippen LogP contribution in [0.25, 0.3) is 10.4 Å². The zero-order chi connectivity index (χ0) is 23.2. The molecule has 33 heavy (non-hydrogen) atoms. The number of piperidine rings is 1. The second-order valence-electron chi connectivity index (χ2n) is 8.56. The molecule has 4 heterocycles. The molecule has 0 amide bonds. The molecule has 2 aliphatic heterocycles. The lowest BCUT2D eigenvalue weighted by Gasteiger charge is -2.40. The van der Waals surface area contributed by atoms with Crippen molar-refractivity contribution < 1.29 is 13.9 Å². The topological polar surface area (TPSA) is 69.4 Å². The van der Waals surface area contributed by atoms with E-state index in [1.165, 1.54) is 17.0 Å². The summed E-state index contributed by atoms with van der Waals surface area (Å²) in [4.78, 5) is 6.61. The Kier molecular flexibility index (Phi) is 6.16. The monoisotopic (exact) mass is 507 g/mol. The van der Waals surface area contributed by atoms with Gasteiger partial charge in [-0.15, -0.1) is 11.3 Å². The summed E-state index contributed by atoms with van der Waals surface area (Å²) in [7, 11) is 0. The number of nitrogen functional groups attached to an aromatic ring is 1. The maximum absolute atomic E-state index is 14.0. The highest BCUT2D eigenvalue weighted by molar-refractivity contribution is 7.15. The fourth-order valence-electron chi connectivity index (χ4n) is 4.52. The Hall–Kier alpha value is -2.06. The molecular formula is C24H24Cl2FN3O2S. The smallest absolute Gasteiger partial charge is 0.166 e. The fraction of sp³-hybridized carbons (Fsp3) is 0.375. The average Bonchev–Trinajstić information content (AvgIpc) is 3.21. The summed E-state index contributed by atoms with van der Waals surface area (Å²) in [5.74, 6) is 1.04. The van der Waals surface area contributed by atoms with E-state index in [2.05, 4.69) is 16.4 Å². The quantitative estimate of drug-likeness (QED) is 0.398. The lowest BCUT2D eigenvalue weighted by Crippen LogP contribution is -2.47. The van der Waals surface area contributed by atoms with Gasteiger partial charge in [0.25, 0.3) is 0 Å². The summed E-state index contributed by atoms with van der Waals surface area (Å²) in [6, 6.07) is 6.62. The van der Waals surface area contributed by atoms with Gasteiger partial charge in [-0.1, -0.05) is 23.2 Å². The van der Waals surface area contributed by atoms with E-state index < -0.39 is 11.9 Å². The van der Waals surface area contributed by atoms with Gasteiger partial charge in [-0.3, -0.25) is 0 Å². The Morgan fingerprint density at radius 2 is 2.03 bits per heavy atom. The Morgan fingerprint density at radius 3 is 2.82 bits per heavy atom. The Labute approximate surface area is 206 Å². The number of anilines is 1. The van der Waals surface area contributed by atoms with Crippen molar-refractivity contribution in [3.63, 3.8) is 0 Å². The van der Waals surface area contributed by atoms with Crippen LogP contribution < -0.4 is 20.5 Å². The molecule has 1 saturated heterocycles. The molecule has 0 saturated carbocycles. The first-order valence-corrected chi connectivity index (χ1v) is 12.5. The first-order chi connectivity index (χ1) is 15.8. The Morgan fingerprint density at radius 1 is 1.24 bits per heavy atom. The summed E-state index contributed by atoms with van der Waals surface area (Å²) in [5.41, 5.74) is 7.29. The number of fused-ring (bicyclic) bond motifs is 1. The SMILES string of the molecule is C[C@@H](Oc1cc(-c2cc3c(s2)CCC2(CCNCC2)O3)cnc1N)c1c(Cl)ccc(F)c1Cl. The maximum atomic E-state index is 14.0. The molecule has 3 N–H and O–H groups in total. The number of rotatable bonds is 4. The number of benzene rings is 1. The van der Waals surface area contributed by atoms with E-state index in [4.69, 9.17) is 38.4 Å². The minimum absolute atomic E-state index is 0.0524. The molecule has 3 aromatic rings. The number of halogens is 3. The van der Waals surface area contributed by atoms with Gasteiger partial charge in [-0.25, -0.2) is 9.37 Å². The van der Waals surface area contributed by atoms with E-state index in [-0.39, 0.29) is 16.4 Å². The third-order valence-corrected chi connectivity index (χ3v) is 8.31. The molecule has 1 atom stereocenters. The number of hydrogen-bond donors (Lipinski definition) is 2. The summed E-state index contributed by atoms with van der Waals surface area (Å²) in [5, 5.41) is 3.67. The van der Waals surface area contributed by atoms with Crippen LogP contribution in [0, 0.1) is 5.82 Å². The largest absolute Gasteiger partial charge is 0.486 e. The molecule has 0 bridgehead atoms. The minimum Gasteiger partial charge on any atom is -0.486 e. The molecule has 9 heteroatoms. The number of aryl methyl sites for hydroxylation is 1. The van der Waals surface area contributed by atoms with Crippen molar-refractivity contribution in [3.05, 3.63) is 56.8 Å². The first-order valence-electron chi connectivity index (χ1n) is 10.9. The van der Waals surface area contributed by atoms with Gasteiger partial charge in [0, 0.05) is 32.1 Å². The molecule has 1 fully saturated rings. The second kappa shape index (κ2) is 8.95. The number of thiophene rings is 1. The predicted molar refractivity (Wildman–Crippen MR) is 131 cm³/mol. The standard InChI is InChI=1S/C24H24Cl2FN3O2S/c1-13(21-15(25)2-3-16(27)22(21)26)31-18-10-14(12-30-23(18)28)20-11-17-19(33-20)4-5-24(32-17)6-8-29-9-7-24/h2-3,10-13,29H,4-9H2,1H3,(H2,28,30)/t13-/m1/s1. The molecule has 5 rings (SSSR count). The van der Waals surface area contributed by atoms with Gasteiger partial charge in [0.05, 0.1) is 5.02 Å². The van der Waals surface area contributed by atoms with Gasteiger partial charge >= 0.3 is 0 Å².